The molecule has 0 unspecified atom stereocenters. The number of carbonyl (C=O) groups excluding carboxylic acids is 1. The maximum Gasteiger partial charge on any atom is 0.278 e. The summed E-state index contributed by atoms with van der Waals surface area (Å²) in [5.41, 5.74) is 0.303. The number of nitrogens with zero attached hydrogens (tertiary/aromatic N) is 1. The van der Waals surface area contributed by atoms with Gasteiger partial charge in [0.05, 0.1) is 5.70 Å². The second-order valence-corrected chi connectivity index (χ2v) is 1.91. The van der Waals surface area contributed by atoms with Gasteiger partial charge in [0.2, 0.25) is 0 Å². The van der Waals surface area contributed by atoms with Crippen molar-refractivity contribution in [3.63, 3.8) is 0 Å². The van der Waals surface area contributed by atoms with E-state index in [9.17, 15) is 4.79 Å². The Kier molecular flexibility index (Phi) is 2.24. The highest BCUT2D eigenvalue weighted by molar-refractivity contribution is 6.06. The van der Waals surface area contributed by atoms with Crippen molar-refractivity contribution in [3.05, 3.63) is 36.2 Å². The summed E-state index contributed by atoms with van der Waals surface area (Å²) in [5.74, 6) is -0.554. The molecule has 11 heavy (non-hydrogen) atoms. The molecule has 0 radical (unpaired) electrons. The van der Waals surface area contributed by atoms with Gasteiger partial charge in [0.1, 0.15) is 6.07 Å². The predicted molar refractivity (Wildman–Crippen MR) is 40.1 cm³/mol. The van der Waals surface area contributed by atoms with Gasteiger partial charge in [-0.05, 0) is 12.2 Å². The third-order valence-electron chi connectivity index (χ3n) is 1.17. The molecule has 0 atom stereocenters. The first kappa shape index (κ1) is 7.29. The molecule has 1 aliphatic heterocycles. The van der Waals surface area contributed by atoms with E-state index in [0.29, 0.717) is 5.70 Å². The van der Waals surface area contributed by atoms with E-state index < -0.39 is 5.78 Å². The first-order valence-electron chi connectivity index (χ1n) is 3.09. The van der Waals surface area contributed by atoms with Crippen LogP contribution in [0.3, 0.4) is 0 Å². The number of Topliss-reactive ketones (excluding diaryl/α,β-unsaturated/α-hetero) is 1. The lowest BCUT2D eigenvalue weighted by atomic mass is 10.3. The van der Waals surface area contributed by atoms with E-state index in [4.69, 9.17) is 5.26 Å². The van der Waals surface area contributed by atoms with Crippen molar-refractivity contribution in [1.82, 2.24) is 5.32 Å². The van der Waals surface area contributed by atoms with Crippen LogP contribution in [0.15, 0.2) is 36.2 Å². The monoisotopic (exact) mass is 146 g/mol. The molecule has 0 aromatic carbocycles. The maximum absolute atomic E-state index is 10.8. The maximum atomic E-state index is 10.8. The van der Waals surface area contributed by atoms with E-state index in [1.165, 1.54) is 6.07 Å². The molecule has 3 heteroatoms. The summed E-state index contributed by atoms with van der Waals surface area (Å²) >= 11 is 0. The Morgan fingerprint density at radius 3 is 3.00 bits per heavy atom. The number of hydrogen-bond donors (Lipinski definition) is 1. The molecule has 0 amide bonds. The number of allylic oxidation sites excluding steroid dienone is 5. The van der Waals surface area contributed by atoms with Crippen LogP contribution >= 0.6 is 0 Å². The SMILES string of the molecule is N#CC(=O)C1=CC=CC=CN1. The zero-order valence-corrected chi connectivity index (χ0v) is 5.74. The van der Waals surface area contributed by atoms with Crippen LogP contribution in [0.25, 0.3) is 0 Å². The molecule has 0 spiro atoms. The summed E-state index contributed by atoms with van der Waals surface area (Å²) in [7, 11) is 0. The topological polar surface area (TPSA) is 52.9 Å². The van der Waals surface area contributed by atoms with Gasteiger partial charge < -0.3 is 5.32 Å². The smallest absolute Gasteiger partial charge is 0.278 e. The van der Waals surface area contributed by atoms with E-state index in [0.717, 1.165) is 0 Å². The quantitative estimate of drug-likeness (QED) is 0.552. The average molecular weight is 146 g/mol. The summed E-state index contributed by atoms with van der Waals surface area (Å²) < 4.78 is 0. The summed E-state index contributed by atoms with van der Waals surface area (Å²) in [6.07, 6.45) is 8.37. The van der Waals surface area contributed by atoms with Gasteiger partial charge in [-0.25, -0.2) is 0 Å². The van der Waals surface area contributed by atoms with Crippen LogP contribution in [0.1, 0.15) is 0 Å². The number of nitriles is 1. The molecule has 0 saturated carbocycles. The van der Waals surface area contributed by atoms with E-state index in [1.54, 1.807) is 30.5 Å². The minimum absolute atomic E-state index is 0.303. The van der Waals surface area contributed by atoms with Crippen molar-refractivity contribution in [2.24, 2.45) is 0 Å². The van der Waals surface area contributed by atoms with Crippen LogP contribution in [0.5, 0.6) is 0 Å². The van der Waals surface area contributed by atoms with Crippen LogP contribution in [0.2, 0.25) is 0 Å². The van der Waals surface area contributed by atoms with Crippen LogP contribution in [0.4, 0.5) is 0 Å². The molecule has 0 aromatic rings. The Balaban J connectivity index is 2.82. The molecule has 0 aliphatic carbocycles. The van der Waals surface area contributed by atoms with Gasteiger partial charge in [0.25, 0.3) is 5.78 Å². The van der Waals surface area contributed by atoms with Crippen molar-refractivity contribution >= 4 is 5.78 Å². The number of carbonyl (C=O) groups is 1. The largest absolute Gasteiger partial charge is 0.358 e. The highest BCUT2D eigenvalue weighted by Gasteiger charge is 2.04. The van der Waals surface area contributed by atoms with Crippen molar-refractivity contribution < 1.29 is 4.79 Å². The number of nitrogens with one attached hydrogen (secondary N) is 1. The Labute approximate surface area is 64.3 Å². The normalized spacial score (nSPS) is 14.3. The molecular formula is C8H6N2O. The fourth-order valence-electron chi connectivity index (χ4n) is 0.659. The first-order valence-corrected chi connectivity index (χ1v) is 3.09. The summed E-state index contributed by atoms with van der Waals surface area (Å²) in [6.45, 7) is 0. The average Bonchev–Trinajstić information content (AvgIpc) is 2.30. The van der Waals surface area contributed by atoms with Gasteiger partial charge >= 0.3 is 0 Å². The molecule has 1 heterocycles. The van der Waals surface area contributed by atoms with E-state index in [1.807, 2.05) is 0 Å². The zero-order valence-electron chi connectivity index (χ0n) is 5.74. The van der Waals surface area contributed by atoms with Crippen LogP contribution in [0, 0.1) is 11.3 Å². The van der Waals surface area contributed by atoms with E-state index in [-0.39, 0.29) is 0 Å². The second kappa shape index (κ2) is 3.37. The van der Waals surface area contributed by atoms with Crippen molar-refractivity contribution in [2.75, 3.05) is 0 Å². The third-order valence-corrected chi connectivity index (χ3v) is 1.17. The molecule has 1 aliphatic rings. The lowest BCUT2D eigenvalue weighted by molar-refractivity contribution is -0.111. The Bertz CT molecular complexity index is 292. The van der Waals surface area contributed by atoms with Gasteiger partial charge in [0.15, 0.2) is 0 Å². The lowest BCUT2D eigenvalue weighted by Crippen LogP contribution is -2.12. The van der Waals surface area contributed by atoms with Gasteiger partial charge in [-0.2, -0.15) is 5.26 Å². The van der Waals surface area contributed by atoms with E-state index in [2.05, 4.69) is 5.32 Å². The summed E-state index contributed by atoms with van der Waals surface area (Å²) in [6, 6.07) is 1.52. The number of ketones is 1. The molecule has 0 saturated heterocycles. The molecule has 0 fully saturated rings. The molecule has 3 nitrogen and oxygen atoms in total. The molecule has 54 valence electrons. The standard InChI is InChI=1S/C8H6N2O/c9-6-8(11)7-4-2-1-3-5-10-7/h1-5,10H. The highest BCUT2D eigenvalue weighted by atomic mass is 16.1. The van der Waals surface area contributed by atoms with Gasteiger partial charge in [-0.1, -0.05) is 12.2 Å². The molecular weight excluding hydrogens is 140 g/mol. The molecule has 0 bridgehead atoms. The Hall–Kier alpha value is -1.82. The van der Waals surface area contributed by atoms with Crippen molar-refractivity contribution in [3.8, 4) is 6.07 Å². The van der Waals surface area contributed by atoms with Gasteiger partial charge in [-0.3, -0.25) is 4.79 Å². The minimum Gasteiger partial charge on any atom is -0.358 e. The molecule has 0 aromatic heterocycles. The van der Waals surface area contributed by atoms with Crippen LogP contribution in [-0.4, -0.2) is 5.78 Å². The third kappa shape index (κ3) is 1.80. The highest BCUT2D eigenvalue weighted by Crippen LogP contribution is 1.95. The first-order chi connectivity index (χ1) is 5.34. The summed E-state index contributed by atoms with van der Waals surface area (Å²) in [5, 5.41) is 10.9. The Morgan fingerprint density at radius 1 is 1.45 bits per heavy atom. The lowest BCUT2D eigenvalue weighted by Gasteiger charge is -1.96. The zero-order chi connectivity index (χ0) is 8.10. The minimum atomic E-state index is -0.554. The molecule has 1 rings (SSSR count). The summed E-state index contributed by atoms with van der Waals surface area (Å²) in [4.78, 5) is 10.8. The molecule has 1 N–H and O–H groups in total. The van der Waals surface area contributed by atoms with Crippen molar-refractivity contribution in [2.45, 2.75) is 0 Å². The van der Waals surface area contributed by atoms with Crippen molar-refractivity contribution in [1.29, 1.82) is 5.26 Å². The fraction of sp³-hybridized carbons (Fsp3) is 0. The van der Waals surface area contributed by atoms with Crippen LogP contribution in [-0.2, 0) is 4.79 Å². The van der Waals surface area contributed by atoms with E-state index >= 15 is 0 Å². The predicted octanol–water partition coefficient (Wildman–Crippen LogP) is 0.636. The van der Waals surface area contributed by atoms with Gasteiger partial charge in [0, 0.05) is 6.20 Å². The number of rotatable bonds is 1. The number of hydrogen-bond acceptors (Lipinski definition) is 3. The second-order valence-electron chi connectivity index (χ2n) is 1.91. The van der Waals surface area contributed by atoms with Crippen LogP contribution < -0.4 is 5.32 Å². The fourth-order valence-corrected chi connectivity index (χ4v) is 0.659. The van der Waals surface area contributed by atoms with Gasteiger partial charge in [-0.15, -0.1) is 0 Å². The Morgan fingerprint density at radius 2 is 2.27 bits per heavy atom.